The van der Waals surface area contributed by atoms with Gasteiger partial charge >= 0.3 is 35.8 Å². The molecule has 2 N–H and O–H groups in total. The molecule has 2 aliphatic heterocycles. The number of aliphatic hydroxyl groups is 1. The van der Waals surface area contributed by atoms with Crippen molar-refractivity contribution in [3.8, 4) is 0 Å². The molecular formula is C56H49NO17. The molecule has 1 amide bonds. The lowest BCUT2D eigenvalue weighted by Gasteiger charge is -2.45. The van der Waals surface area contributed by atoms with E-state index in [4.69, 9.17) is 42.6 Å². The second-order valence-electron chi connectivity index (χ2n) is 16.8. The zero-order valence-corrected chi connectivity index (χ0v) is 39.5. The van der Waals surface area contributed by atoms with Gasteiger partial charge in [-0.15, -0.1) is 0 Å². The van der Waals surface area contributed by atoms with Crippen molar-refractivity contribution >= 4 is 41.7 Å². The minimum absolute atomic E-state index is 0.0295. The first-order chi connectivity index (χ1) is 35.9. The van der Waals surface area contributed by atoms with Gasteiger partial charge in [0.2, 0.25) is 5.91 Å². The van der Waals surface area contributed by atoms with E-state index < -0.39 is 116 Å². The lowest BCUT2D eigenvalue weighted by atomic mass is 9.95. The van der Waals surface area contributed by atoms with Gasteiger partial charge in [0.1, 0.15) is 37.6 Å². The Morgan fingerprint density at radius 2 is 0.851 bits per heavy atom. The molecule has 8 rings (SSSR count). The zero-order chi connectivity index (χ0) is 52.0. The van der Waals surface area contributed by atoms with E-state index >= 15 is 0 Å². The summed E-state index contributed by atoms with van der Waals surface area (Å²) in [6, 6.07) is 45.2. The molecule has 10 atom stereocenters. The molecule has 2 fully saturated rings. The van der Waals surface area contributed by atoms with Crippen molar-refractivity contribution in [3.63, 3.8) is 0 Å². The van der Waals surface area contributed by atoms with Crippen LogP contribution < -0.4 is 5.32 Å². The maximum absolute atomic E-state index is 14.2. The van der Waals surface area contributed by atoms with Gasteiger partial charge in [-0.3, -0.25) is 4.79 Å². The van der Waals surface area contributed by atoms with Crippen molar-refractivity contribution in [3.05, 3.63) is 215 Å². The summed E-state index contributed by atoms with van der Waals surface area (Å²) in [7, 11) is 0. The first-order valence-corrected chi connectivity index (χ1v) is 23.3. The van der Waals surface area contributed by atoms with Gasteiger partial charge in [0.15, 0.2) is 37.0 Å². The highest BCUT2D eigenvalue weighted by molar-refractivity contribution is 5.92. The fourth-order valence-electron chi connectivity index (χ4n) is 8.12. The monoisotopic (exact) mass is 1010 g/mol. The molecule has 74 heavy (non-hydrogen) atoms. The SMILES string of the molecule is CC(=O)N[C@@H]1[C@@H](OC(=O)c2ccccc2)[C@H](O[C@@H]2O[C@@H]([C@H](COC(=O)c3ccccc3)OC(=O)c3ccccc3)[C@H](OC(=O)c3ccccc3)[C@H]2OC(=O)c2ccccc2)[C@@H](COC(=O)c2ccccc2)O[C@@H]1O. The summed E-state index contributed by atoms with van der Waals surface area (Å²) >= 11 is 0. The molecule has 380 valence electrons. The highest BCUT2D eigenvalue weighted by Gasteiger charge is 2.58. The van der Waals surface area contributed by atoms with E-state index in [0.29, 0.717) is 0 Å². The molecule has 0 bridgehead atoms. The third-order valence-corrected chi connectivity index (χ3v) is 11.7. The Kier molecular flexibility index (Phi) is 17.3. The normalized spacial score (nSPS) is 22.4. The van der Waals surface area contributed by atoms with E-state index in [1.165, 1.54) is 72.8 Å². The number of benzene rings is 6. The van der Waals surface area contributed by atoms with Crippen molar-refractivity contribution in [2.75, 3.05) is 13.2 Å². The van der Waals surface area contributed by atoms with Gasteiger partial charge in [-0.25, -0.2) is 28.8 Å². The Morgan fingerprint density at radius 3 is 1.28 bits per heavy atom. The second kappa shape index (κ2) is 24.7. The number of hydrogen-bond donors (Lipinski definition) is 2. The van der Waals surface area contributed by atoms with Crippen LogP contribution in [0.2, 0.25) is 0 Å². The average Bonchev–Trinajstić information content (AvgIpc) is 3.76. The smallest absolute Gasteiger partial charge is 0.338 e. The van der Waals surface area contributed by atoms with Crippen molar-refractivity contribution in [2.24, 2.45) is 0 Å². The van der Waals surface area contributed by atoms with Crippen LogP contribution in [-0.2, 0) is 47.4 Å². The Balaban J connectivity index is 1.24. The van der Waals surface area contributed by atoms with Crippen LogP contribution in [0.25, 0.3) is 0 Å². The van der Waals surface area contributed by atoms with Crippen LogP contribution in [0.1, 0.15) is 69.1 Å². The maximum atomic E-state index is 14.2. The molecule has 2 saturated heterocycles. The first kappa shape index (κ1) is 51.8. The third-order valence-electron chi connectivity index (χ3n) is 11.7. The average molecular weight is 1010 g/mol. The van der Waals surface area contributed by atoms with Crippen molar-refractivity contribution in [1.82, 2.24) is 5.32 Å². The van der Waals surface area contributed by atoms with Gasteiger partial charge < -0.3 is 53.1 Å². The van der Waals surface area contributed by atoms with Crippen molar-refractivity contribution < 1.29 is 81.3 Å². The standard InChI is InChI=1S/C56H49NO17/c1-34(58)57-43-46(70-52(62)38-26-14-5-15-27-38)44(41(69-55(43)65)32-66-49(59)35-20-8-2-9-21-35)73-56-48(72-54(64)40-30-18-7-19-31-40)47(71-53(63)39-28-16-6-17-29-39)45(74-56)42(68-51(61)37-24-12-4-13-25-37)33-67-50(60)36-22-10-3-11-23-36/h2-31,41-48,55-56,65H,32-33H2,1H3,(H,57,58)/t41-,42+,43-,44-,45+,46-,47+,48-,55+,56-/m1/s1. The van der Waals surface area contributed by atoms with Crippen LogP contribution in [0.3, 0.4) is 0 Å². The fraction of sp³-hybridized carbons (Fsp3) is 0.232. The van der Waals surface area contributed by atoms with Crippen LogP contribution in [0, 0.1) is 0 Å². The molecule has 6 aromatic rings. The highest BCUT2D eigenvalue weighted by Crippen LogP contribution is 2.37. The molecule has 0 aromatic heterocycles. The third kappa shape index (κ3) is 13.1. The predicted molar refractivity (Wildman–Crippen MR) is 258 cm³/mol. The number of aliphatic hydroxyl groups excluding tert-OH is 1. The lowest BCUT2D eigenvalue weighted by Crippen LogP contribution is -2.66. The van der Waals surface area contributed by atoms with Gasteiger partial charge in [-0.1, -0.05) is 109 Å². The van der Waals surface area contributed by atoms with Crippen LogP contribution in [0.4, 0.5) is 0 Å². The van der Waals surface area contributed by atoms with Gasteiger partial charge in [0.05, 0.1) is 33.4 Å². The summed E-state index contributed by atoms with van der Waals surface area (Å²) in [6.07, 6.45) is -16.0. The Morgan fingerprint density at radius 1 is 0.473 bits per heavy atom. The van der Waals surface area contributed by atoms with Gasteiger partial charge in [0.25, 0.3) is 0 Å². The lowest BCUT2D eigenvalue weighted by molar-refractivity contribution is -0.299. The molecule has 18 nitrogen and oxygen atoms in total. The van der Waals surface area contributed by atoms with Crippen LogP contribution in [0.15, 0.2) is 182 Å². The molecular weight excluding hydrogens is 959 g/mol. The number of ether oxygens (including phenoxy) is 9. The molecule has 0 unspecified atom stereocenters. The minimum Gasteiger partial charge on any atom is -0.459 e. The van der Waals surface area contributed by atoms with E-state index in [-0.39, 0.29) is 33.4 Å². The van der Waals surface area contributed by atoms with Crippen LogP contribution >= 0.6 is 0 Å². The van der Waals surface area contributed by atoms with Gasteiger partial charge in [0, 0.05) is 6.92 Å². The number of amides is 1. The summed E-state index contributed by atoms with van der Waals surface area (Å²) in [6.45, 7) is -0.282. The predicted octanol–water partition coefficient (Wildman–Crippen LogP) is 5.93. The molecule has 2 aliphatic rings. The van der Waals surface area contributed by atoms with Crippen LogP contribution in [0.5, 0.6) is 0 Å². The fourth-order valence-corrected chi connectivity index (χ4v) is 8.12. The summed E-state index contributed by atoms with van der Waals surface area (Å²) in [5.41, 5.74) is 0.472. The summed E-state index contributed by atoms with van der Waals surface area (Å²) in [4.78, 5) is 96.2. The minimum atomic E-state index is -1.95. The summed E-state index contributed by atoms with van der Waals surface area (Å²) in [5.74, 6) is -6.17. The number of hydrogen-bond acceptors (Lipinski definition) is 17. The molecule has 0 aliphatic carbocycles. The van der Waals surface area contributed by atoms with Gasteiger partial charge in [-0.05, 0) is 72.8 Å². The number of rotatable bonds is 18. The Hall–Kier alpha value is -8.55. The Bertz CT molecular complexity index is 2860. The maximum Gasteiger partial charge on any atom is 0.338 e. The number of carbonyl (C=O) groups is 7. The number of esters is 6. The van der Waals surface area contributed by atoms with E-state index in [1.54, 1.807) is 109 Å². The highest BCUT2D eigenvalue weighted by atomic mass is 16.8. The quantitative estimate of drug-likeness (QED) is 0.0749. The summed E-state index contributed by atoms with van der Waals surface area (Å²) < 4.78 is 55.4. The number of carbonyl (C=O) groups excluding carboxylic acids is 7. The van der Waals surface area contributed by atoms with Crippen LogP contribution in [-0.4, -0.2) is 121 Å². The van der Waals surface area contributed by atoms with Crippen molar-refractivity contribution in [2.45, 2.75) is 68.3 Å². The van der Waals surface area contributed by atoms with E-state index in [9.17, 15) is 38.7 Å². The molecule has 18 heteroatoms. The molecule has 0 spiro atoms. The van der Waals surface area contributed by atoms with E-state index in [0.717, 1.165) is 6.92 Å². The molecule has 0 saturated carbocycles. The Labute approximate surface area is 424 Å². The van der Waals surface area contributed by atoms with E-state index in [1.807, 2.05) is 0 Å². The zero-order valence-electron chi connectivity index (χ0n) is 39.5. The largest absolute Gasteiger partial charge is 0.459 e. The summed E-state index contributed by atoms with van der Waals surface area (Å²) in [5, 5.41) is 14.1. The molecule has 2 heterocycles. The molecule has 0 radical (unpaired) electrons. The topological polar surface area (TPSA) is 235 Å². The van der Waals surface area contributed by atoms with Gasteiger partial charge in [-0.2, -0.15) is 0 Å². The second-order valence-corrected chi connectivity index (χ2v) is 16.8. The van der Waals surface area contributed by atoms with Crippen molar-refractivity contribution in [1.29, 1.82) is 0 Å². The first-order valence-electron chi connectivity index (χ1n) is 23.3. The van der Waals surface area contributed by atoms with E-state index in [2.05, 4.69) is 5.32 Å². The molecule has 6 aromatic carbocycles. The number of nitrogens with one attached hydrogen (secondary N) is 1.